The average molecular weight is 330 g/mol. The molecule has 2 N–H and O–H groups in total. The van der Waals surface area contributed by atoms with Gasteiger partial charge in [0.1, 0.15) is 5.54 Å². The first-order chi connectivity index (χ1) is 8.67. The highest BCUT2D eigenvalue weighted by Crippen LogP contribution is 2.32. The second kappa shape index (κ2) is 4.73. The standard InChI is InChI=1S/C11H12BrN3O2S/c12-8-2-1-7(18-8)9-14-10(17-15-9)11(13)3-5-16-6-4-11/h1-2H,3-6,13H2. The first-order valence-electron chi connectivity index (χ1n) is 5.64. The highest BCUT2D eigenvalue weighted by molar-refractivity contribution is 9.11. The zero-order chi connectivity index (χ0) is 12.6. The van der Waals surface area contributed by atoms with Gasteiger partial charge in [0.25, 0.3) is 0 Å². The zero-order valence-corrected chi connectivity index (χ0v) is 12.0. The summed E-state index contributed by atoms with van der Waals surface area (Å²) in [4.78, 5) is 5.39. The maximum Gasteiger partial charge on any atom is 0.247 e. The summed E-state index contributed by atoms with van der Waals surface area (Å²) in [6, 6.07) is 3.92. The Morgan fingerprint density at radius 2 is 2.11 bits per heavy atom. The van der Waals surface area contributed by atoms with Crippen molar-refractivity contribution in [3.8, 4) is 10.7 Å². The maximum atomic E-state index is 6.29. The summed E-state index contributed by atoms with van der Waals surface area (Å²) in [6.45, 7) is 1.28. The largest absolute Gasteiger partial charge is 0.381 e. The van der Waals surface area contributed by atoms with E-state index >= 15 is 0 Å². The molecule has 0 bridgehead atoms. The van der Waals surface area contributed by atoms with Gasteiger partial charge in [-0.3, -0.25) is 0 Å². The van der Waals surface area contributed by atoms with Crippen LogP contribution >= 0.6 is 27.3 Å². The van der Waals surface area contributed by atoms with Gasteiger partial charge in [0.05, 0.1) is 8.66 Å². The van der Waals surface area contributed by atoms with Crippen molar-refractivity contribution in [2.75, 3.05) is 13.2 Å². The van der Waals surface area contributed by atoms with Crippen LogP contribution in [0.25, 0.3) is 10.7 Å². The summed E-state index contributed by atoms with van der Waals surface area (Å²) in [5.41, 5.74) is 5.75. The van der Waals surface area contributed by atoms with E-state index in [1.807, 2.05) is 12.1 Å². The molecule has 0 saturated carbocycles. The van der Waals surface area contributed by atoms with Gasteiger partial charge >= 0.3 is 0 Å². The predicted molar refractivity (Wildman–Crippen MR) is 71.2 cm³/mol. The van der Waals surface area contributed by atoms with E-state index in [1.54, 1.807) is 11.3 Å². The Hall–Kier alpha value is -0.760. The monoisotopic (exact) mass is 329 g/mol. The Kier molecular flexibility index (Phi) is 3.23. The van der Waals surface area contributed by atoms with Crippen LogP contribution in [0.1, 0.15) is 18.7 Å². The number of hydrogen-bond acceptors (Lipinski definition) is 6. The number of halogens is 1. The highest BCUT2D eigenvalue weighted by atomic mass is 79.9. The van der Waals surface area contributed by atoms with Gasteiger partial charge in [-0.05, 0) is 40.9 Å². The summed E-state index contributed by atoms with van der Waals surface area (Å²) in [7, 11) is 0. The average Bonchev–Trinajstić information content (AvgIpc) is 2.98. The van der Waals surface area contributed by atoms with Crippen molar-refractivity contribution in [2.45, 2.75) is 18.4 Å². The fourth-order valence-electron chi connectivity index (χ4n) is 1.91. The molecule has 0 amide bonds. The van der Waals surface area contributed by atoms with Crippen LogP contribution in [0.3, 0.4) is 0 Å². The van der Waals surface area contributed by atoms with Crippen LogP contribution in [0.5, 0.6) is 0 Å². The van der Waals surface area contributed by atoms with Crippen molar-refractivity contribution in [3.05, 3.63) is 21.8 Å². The molecule has 3 rings (SSSR count). The van der Waals surface area contributed by atoms with E-state index in [2.05, 4.69) is 26.1 Å². The van der Waals surface area contributed by atoms with Crippen LogP contribution in [-0.4, -0.2) is 23.4 Å². The van der Waals surface area contributed by atoms with E-state index in [4.69, 9.17) is 15.0 Å². The molecule has 0 aliphatic carbocycles. The molecular formula is C11H12BrN3O2S. The third kappa shape index (κ3) is 2.23. The second-order valence-electron chi connectivity index (χ2n) is 4.30. The summed E-state index contributed by atoms with van der Waals surface area (Å²) in [5, 5.41) is 4.00. The lowest BCUT2D eigenvalue weighted by Crippen LogP contribution is -2.42. The second-order valence-corrected chi connectivity index (χ2v) is 6.76. The fraction of sp³-hybridized carbons (Fsp3) is 0.455. The summed E-state index contributed by atoms with van der Waals surface area (Å²) >= 11 is 4.98. The van der Waals surface area contributed by atoms with Crippen LogP contribution in [0.15, 0.2) is 20.4 Å². The molecular weight excluding hydrogens is 318 g/mol. The van der Waals surface area contributed by atoms with Gasteiger partial charge in [-0.2, -0.15) is 4.98 Å². The van der Waals surface area contributed by atoms with Gasteiger partial charge in [0.15, 0.2) is 0 Å². The summed E-state index contributed by atoms with van der Waals surface area (Å²) in [5.74, 6) is 1.10. The number of thiophene rings is 1. The molecule has 18 heavy (non-hydrogen) atoms. The molecule has 0 spiro atoms. The lowest BCUT2D eigenvalue weighted by molar-refractivity contribution is 0.0400. The highest BCUT2D eigenvalue weighted by Gasteiger charge is 2.36. The molecule has 96 valence electrons. The van der Waals surface area contributed by atoms with Crippen LogP contribution in [0, 0.1) is 0 Å². The predicted octanol–water partition coefficient (Wildman–Crippen LogP) is 2.53. The lowest BCUT2D eigenvalue weighted by atomic mass is 9.91. The third-order valence-electron chi connectivity index (χ3n) is 3.03. The van der Waals surface area contributed by atoms with E-state index in [9.17, 15) is 0 Å². The van der Waals surface area contributed by atoms with E-state index < -0.39 is 5.54 Å². The minimum atomic E-state index is -0.544. The Bertz CT molecular complexity index is 548. The Labute approximate surface area is 116 Å². The quantitative estimate of drug-likeness (QED) is 0.916. The van der Waals surface area contributed by atoms with Crippen LogP contribution in [0.2, 0.25) is 0 Å². The molecule has 1 saturated heterocycles. The van der Waals surface area contributed by atoms with Gasteiger partial charge in [-0.1, -0.05) is 5.16 Å². The molecule has 5 nitrogen and oxygen atoms in total. The molecule has 0 unspecified atom stereocenters. The van der Waals surface area contributed by atoms with E-state index in [0.717, 1.165) is 8.66 Å². The number of aromatic nitrogens is 2. The number of hydrogen-bond donors (Lipinski definition) is 1. The van der Waals surface area contributed by atoms with Crippen LogP contribution in [0.4, 0.5) is 0 Å². The SMILES string of the molecule is NC1(c2nc(-c3ccc(Br)s3)no2)CCOCC1. The van der Waals surface area contributed by atoms with Gasteiger partial charge in [-0.25, -0.2) is 0 Å². The fourth-order valence-corrected chi connectivity index (χ4v) is 3.22. The van der Waals surface area contributed by atoms with Crippen molar-refractivity contribution >= 4 is 27.3 Å². The van der Waals surface area contributed by atoms with Gasteiger partial charge in [0, 0.05) is 13.2 Å². The molecule has 0 aromatic carbocycles. The van der Waals surface area contributed by atoms with Crippen LogP contribution < -0.4 is 5.73 Å². The minimum absolute atomic E-state index is 0.505. The number of nitrogens with zero attached hydrogens (tertiary/aromatic N) is 2. The van der Waals surface area contributed by atoms with Crippen molar-refractivity contribution in [1.29, 1.82) is 0 Å². The molecule has 7 heteroatoms. The number of rotatable bonds is 2. The van der Waals surface area contributed by atoms with Crippen molar-refractivity contribution in [3.63, 3.8) is 0 Å². The van der Waals surface area contributed by atoms with E-state index in [0.29, 0.717) is 37.8 Å². The number of ether oxygens (including phenoxy) is 1. The molecule has 2 aromatic rings. The summed E-state index contributed by atoms with van der Waals surface area (Å²) in [6.07, 6.45) is 1.42. The molecule has 1 fully saturated rings. The first-order valence-corrected chi connectivity index (χ1v) is 7.25. The van der Waals surface area contributed by atoms with Crippen molar-refractivity contribution in [2.24, 2.45) is 5.73 Å². The van der Waals surface area contributed by atoms with Crippen molar-refractivity contribution < 1.29 is 9.26 Å². The molecule has 0 radical (unpaired) electrons. The minimum Gasteiger partial charge on any atom is -0.381 e. The van der Waals surface area contributed by atoms with Gasteiger partial charge in [0.2, 0.25) is 11.7 Å². The smallest absolute Gasteiger partial charge is 0.247 e. The van der Waals surface area contributed by atoms with Gasteiger partial charge < -0.3 is 15.0 Å². The normalized spacial score (nSPS) is 19.0. The zero-order valence-electron chi connectivity index (χ0n) is 9.56. The third-order valence-corrected chi connectivity index (χ3v) is 4.65. The van der Waals surface area contributed by atoms with Crippen LogP contribution in [-0.2, 0) is 10.3 Å². The van der Waals surface area contributed by atoms with E-state index in [-0.39, 0.29) is 0 Å². The summed E-state index contributed by atoms with van der Waals surface area (Å²) < 4.78 is 11.7. The maximum absolute atomic E-state index is 6.29. The Balaban J connectivity index is 1.89. The van der Waals surface area contributed by atoms with E-state index in [1.165, 1.54) is 0 Å². The number of nitrogens with two attached hydrogens (primary N) is 1. The molecule has 0 atom stereocenters. The molecule has 2 aromatic heterocycles. The molecule has 1 aliphatic rings. The molecule has 3 heterocycles. The first kappa shape index (κ1) is 12.3. The topological polar surface area (TPSA) is 74.2 Å². The Morgan fingerprint density at radius 1 is 1.33 bits per heavy atom. The molecule has 1 aliphatic heterocycles. The van der Waals surface area contributed by atoms with Gasteiger partial charge in [-0.15, -0.1) is 11.3 Å². The lowest BCUT2D eigenvalue weighted by Gasteiger charge is -2.29. The Morgan fingerprint density at radius 3 is 2.78 bits per heavy atom. The van der Waals surface area contributed by atoms with Crippen molar-refractivity contribution in [1.82, 2.24) is 10.1 Å².